The van der Waals surface area contributed by atoms with Gasteiger partial charge in [-0.25, -0.2) is 5.43 Å². The first-order valence-corrected chi connectivity index (χ1v) is 11.4. The first kappa shape index (κ1) is 21.4. The zero-order chi connectivity index (χ0) is 20.0. The monoisotopic (exact) mass is 454 g/mol. The summed E-state index contributed by atoms with van der Waals surface area (Å²) in [5, 5.41) is 5.23. The molecule has 4 nitrogen and oxygen atoms in total. The molecule has 1 saturated heterocycles. The summed E-state index contributed by atoms with van der Waals surface area (Å²) in [6, 6.07) is 12.8. The lowest BCUT2D eigenvalue weighted by atomic mass is 10.2. The second-order valence-electron chi connectivity index (χ2n) is 6.36. The Balaban J connectivity index is 1.58. The van der Waals surface area contributed by atoms with Crippen LogP contribution in [0, 0.1) is 0 Å². The molecule has 3 rings (SSSR count). The summed E-state index contributed by atoms with van der Waals surface area (Å²) < 4.78 is 5.83. The molecular formula is C20H20Cl2N2O2S2. The van der Waals surface area contributed by atoms with Crippen LogP contribution in [0.2, 0.25) is 10.0 Å². The van der Waals surface area contributed by atoms with Crippen LogP contribution in [0.3, 0.4) is 0 Å². The van der Waals surface area contributed by atoms with E-state index >= 15 is 0 Å². The number of nitrogens with zero attached hydrogens (tertiary/aromatic N) is 1. The number of carbonyl (C=O) groups is 1. The van der Waals surface area contributed by atoms with Gasteiger partial charge in [0, 0.05) is 32.7 Å². The van der Waals surface area contributed by atoms with Gasteiger partial charge in [-0.2, -0.15) is 5.10 Å². The maximum absolute atomic E-state index is 12.1. The molecule has 1 amide bonds. The number of hydrazone groups is 1. The highest BCUT2D eigenvalue weighted by molar-refractivity contribution is 8.21. The van der Waals surface area contributed by atoms with Crippen LogP contribution in [0.4, 0.5) is 0 Å². The lowest BCUT2D eigenvalue weighted by Crippen LogP contribution is -2.26. The van der Waals surface area contributed by atoms with Gasteiger partial charge in [0.25, 0.3) is 0 Å². The molecule has 0 bridgehead atoms. The van der Waals surface area contributed by atoms with Crippen LogP contribution in [0.25, 0.3) is 0 Å². The lowest BCUT2D eigenvalue weighted by Gasteiger charge is -2.19. The molecule has 148 valence electrons. The van der Waals surface area contributed by atoms with Gasteiger partial charge in [0.15, 0.2) is 0 Å². The second-order valence-corrected chi connectivity index (χ2v) is 10.7. The summed E-state index contributed by atoms with van der Waals surface area (Å²) in [5.74, 6) is 2.73. The summed E-state index contributed by atoms with van der Waals surface area (Å²) in [7, 11) is 0. The van der Waals surface area contributed by atoms with Gasteiger partial charge in [0.1, 0.15) is 12.4 Å². The number of benzene rings is 2. The molecule has 0 aliphatic carbocycles. The van der Waals surface area contributed by atoms with Crippen LogP contribution in [0.5, 0.6) is 5.75 Å². The second kappa shape index (κ2) is 9.92. The minimum Gasteiger partial charge on any atom is -0.488 e. The lowest BCUT2D eigenvalue weighted by molar-refractivity contribution is -0.121. The van der Waals surface area contributed by atoms with Crippen molar-refractivity contribution in [3.63, 3.8) is 0 Å². The van der Waals surface area contributed by atoms with Crippen LogP contribution in [-0.2, 0) is 11.4 Å². The predicted octanol–water partition coefficient (Wildman–Crippen LogP) is 5.61. The van der Waals surface area contributed by atoms with E-state index < -0.39 is 0 Å². The maximum Gasteiger partial charge on any atom is 0.242 e. The molecule has 0 aromatic heterocycles. The molecule has 0 spiro atoms. The van der Waals surface area contributed by atoms with Crippen LogP contribution in [0.1, 0.15) is 24.5 Å². The maximum atomic E-state index is 12.1. The summed E-state index contributed by atoms with van der Waals surface area (Å²) in [5.41, 5.74) is 4.22. The van der Waals surface area contributed by atoms with E-state index in [4.69, 9.17) is 27.9 Å². The minimum atomic E-state index is -0.0907. The topological polar surface area (TPSA) is 50.7 Å². The van der Waals surface area contributed by atoms with Crippen LogP contribution < -0.4 is 10.2 Å². The summed E-state index contributed by atoms with van der Waals surface area (Å²) in [4.78, 5) is 12.1. The quantitative estimate of drug-likeness (QED) is 0.436. The van der Waals surface area contributed by atoms with Crippen LogP contribution in [0.15, 0.2) is 47.6 Å². The Morgan fingerprint density at radius 3 is 2.75 bits per heavy atom. The van der Waals surface area contributed by atoms with Crippen molar-refractivity contribution in [2.75, 3.05) is 11.5 Å². The zero-order valence-corrected chi connectivity index (χ0v) is 18.4. The van der Waals surface area contributed by atoms with Crippen molar-refractivity contribution in [1.82, 2.24) is 5.43 Å². The number of hydrogen-bond acceptors (Lipinski definition) is 5. The van der Waals surface area contributed by atoms with Crippen molar-refractivity contribution in [3.8, 4) is 5.75 Å². The minimum absolute atomic E-state index is 0.0571. The van der Waals surface area contributed by atoms with Crippen molar-refractivity contribution < 1.29 is 9.53 Å². The van der Waals surface area contributed by atoms with Gasteiger partial charge < -0.3 is 4.74 Å². The van der Waals surface area contributed by atoms with E-state index in [1.54, 1.807) is 18.3 Å². The number of amides is 1. The normalized spacial score (nSPS) is 15.7. The highest BCUT2D eigenvalue weighted by atomic mass is 35.5. The van der Waals surface area contributed by atoms with Crippen molar-refractivity contribution in [2.45, 2.75) is 24.0 Å². The molecule has 28 heavy (non-hydrogen) atoms. The van der Waals surface area contributed by atoms with Gasteiger partial charge in [0.05, 0.1) is 16.7 Å². The number of nitrogens with one attached hydrogen (secondary N) is 1. The number of thioether (sulfide) groups is 2. The number of halogens is 2. The third-order valence-corrected chi connectivity index (χ3v) is 7.97. The number of rotatable bonds is 7. The molecule has 2 aromatic rings. The van der Waals surface area contributed by atoms with Crippen molar-refractivity contribution in [1.29, 1.82) is 0 Å². The van der Waals surface area contributed by atoms with E-state index in [0.717, 1.165) is 22.6 Å². The predicted molar refractivity (Wildman–Crippen MR) is 121 cm³/mol. The fraction of sp³-hybridized carbons (Fsp3) is 0.300. The van der Waals surface area contributed by atoms with E-state index in [2.05, 4.69) is 17.5 Å². The number of carbonyl (C=O) groups excluding carboxylic acids is 1. The van der Waals surface area contributed by atoms with Gasteiger partial charge in [-0.3, -0.25) is 4.79 Å². The fourth-order valence-electron chi connectivity index (χ4n) is 2.68. The third-order valence-electron chi connectivity index (χ3n) is 4.09. The van der Waals surface area contributed by atoms with E-state index in [0.29, 0.717) is 28.8 Å². The molecule has 2 aromatic carbocycles. The first-order chi connectivity index (χ1) is 13.5. The molecule has 1 fully saturated rings. The Bertz CT molecular complexity index is 871. The molecule has 0 atom stereocenters. The highest BCUT2D eigenvalue weighted by Gasteiger charge is 2.32. The number of ether oxygens (including phenoxy) is 1. The fourth-order valence-corrected chi connectivity index (χ4v) is 5.97. The molecule has 1 aliphatic rings. The average Bonchev–Trinajstić information content (AvgIpc) is 3.08. The summed E-state index contributed by atoms with van der Waals surface area (Å²) >= 11 is 15.8. The molecule has 0 radical (unpaired) electrons. The molecule has 0 saturated carbocycles. The Morgan fingerprint density at radius 2 is 2.00 bits per heavy atom. The average molecular weight is 455 g/mol. The molecule has 0 unspecified atom stereocenters. The zero-order valence-electron chi connectivity index (χ0n) is 15.3. The van der Waals surface area contributed by atoms with Crippen molar-refractivity contribution in [3.05, 3.63) is 63.6 Å². The van der Waals surface area contributed by atoms with Gasteiger partial charge in [-0.1, -0.05) is 41.4 Å². The Kier molecular flexibility index (Phi) is 7.57. The molecule has 1 heterocycles. The summed E-state index contributed by atoms with van der Waals surface area (Å²) in [6.07, 6.45) is 2.03. The Hall–Kier alpha value is -1.34. The SMILES string of the molecule is CC1(CC(=O)N/N=C\c2ccccc2OCc2ccc(Cl)cc2Cl)SCCS1. The van der Waals surface area contributed by atoms with Gasteiger partial charge in [0.2, 0.25) is 5.91 Å². The smallest absolute Gasteiger partial charge is 0.242 e. The first-order valence-electron chi connectivity index (χ1n) is 8.71. The molecule has 1 aliphatic heterocycles. The van der Waals surface area contributed by atoms with Crippen LogP contribution >= 0.6 is 46.7 Å². The number of para-hydroxylation sites is 1. The van der Waals surface area contributed by atoms with E-state index in [1.165, 1.54) is 0 Å². The van der Waals surface area contributed by atoms with Gasteiger partial charge >= 0.3 is 0 Å². The van der Waals surface area contributed by atoms with Crippen molar-refractivity contribution >= 4 is 58.8 Å². The molecule has 8 heteroatoms. The standard InChI is InChI=1S/C20H20Cl2N2O2S2/c1-20(27-8-9-28-20)11-19(25)24-23-12-14-4-2-3-5-18(14)26-13-15-6-7-16(21)10-17(15)22/h2-7,10,12H,8-9,11,13H2,1H3,(H,24,25)/b23-12-. The van der Waals surface area contributed by atoms with Crippen molar-refractivity contribution in [2.24, 2.45) is 5.10 Å². The largest absolute Gasteiger partial charge is 0.488 e. The third kappa shape index (κ3) is 6.08. The van der Waals surface area contributed by atoms with E-state index in [-0.39, 0.29) is 9.99 Å². The highest BCUT2D eigenvalue weighted by Crippen LogP contribution is 2.45. The Morgan fingerprint density at radius 1 is 1.25 bits per heavy atom. The molecular weight excluding hydrogens is 435 g/mol. The van der Waals surface area contributed by atoms with E-state index in [1.807, 2.05) is 53.9 Å². The van der Waals surface area contributed by atoms with Gasteiger partial charge in [-0.05, 0) is 31.2 Å². The van der Waals surface area contributed by atoms with Crippen LogP contribution in [-0.4, -0.2) is 27.7 Å². The summed E-state index contributed by atoms with van der Waals surface area (Å²) in [6.45, 7) is 2.41. The van der Waals surface area contributed by atoms with E-state index in [9.17, 15) is 4.79 Å². The Labute approximate surface area is 183 Å². The number of hydrogen-bond donors (Lipinski definition) is 1. The van der Waals surface area contributed by atoms with Gasteiger partial charge in [-0.15, -0.1) is 23.5 Å². The molecule has 1 N–H and O–H groups in total.